The molecule has 0 amide bonds. The van der Waals surface area contributed by atoms with E-state index in [2.05, 4.69) is 114 Å². The maximum Gasteiger partial charge on any atom is 0.0790 e. The number of aromatic nitrogens is 1. The molecule has 0 unspecified atom stereocenters. The van der Waals surface area contributed by atoms with Crippen molar-refractivity contribution in [3.05, 3.63) is 123 Å². The van der Waals surface area contributed by atoms with Gasteiger partial charge in [0.2, 0.25) is 0 Å². The van der Waals surface area contributed by atoms with E-state index in [4.69, 9.17) is 4.98 Å². The summed E-state index contributed by atoms with van der Waals surface area (Å²) in [4.78, 5) is 5.37. The van der Waals surface area contributed by atoms with Gasteiger partial charge in [0.05, 0.1) is 11.2 Å². The average Bonchev–Trinajstić information content (AvgIpc) is 2.93. The molecule has 0 aliphatic heterocycles. The number of pyridine rings is 1. The van der Waals surface area contributed by atoms with Gasteiger partial charge in [-0.2, -0.15) is 0 Å². The van der Waals surface area contributed by atoms with Gasteiger partial charge in [-0.15, -0.1) is 0 Å². The van der Waals surface area contributed by atoms with E-state index >= 15 is 0 Å². The zero-order chi connectivity index (χ0) is 25.2. The molecule has 9 rings (SSSR count). The number of benzene rings is 4. The number of hydrogen-bond acceptors (Lipinski definition) is 1. The molecule has 184 valence electrons. The summed E-state index contributed by atoms with van der Waals surface area (Å²) >= 11 is 3.62. The predicted molar refractivity (Wildman–Crippen MR) is 160 cm³/mol. The third-order valence-electron chi connectivity index (χ3n) is 7.69. The standard InChI is InChI=1S/C35H32BrN/c1-2-3-4-26-13-20-34-30(21-26)23-33(29-16-18-31(36)19-17-29)35(37-34)32-22-27-10-9-24-5-7-25(8-6-24)11-14-28(32)15-12-27/h5-8,12-13,15-23H,2-4,9-11,14H2,1H3. The Morgan fingerprint density at radius 2 is 1.38 bits per heavy atom. The van der Waals surface area contributed by atoms with Gasteiger partial charge in [0, 0.05) is 21.0 Å². The van der Waals surface area contributed by atoms with Gasteiger partial charge in [-0.05, 0) is 108 Å². The molecular weight excluding hydrogens is 514 g/mol. The van der Waals surface area contributed by atoms with E-state index in [-0.39, 0.29) is 0 Å². The van der Waals surface area contributed by atoms with Crippen LogP contribution >= 0.6 is 15.9 Å². The van der Waals surface area contributed by atoms with Crippen molar-refractivity contribution < 1.29 is 0 Å². The van der Waals surface area contributed by atoms with Gasteiger partial charge < -0.3 is 0 Å². The first-order chi connectivity index (χ1) is 18.2. The zero-order valence-corrected chi connectivity index (χ0v) is 23.0. The third kappa shape index (κ3) is 5.26. The number of halogens is 1. The van der Waals surface area contributed by atoms with Crippen LogP contribution in [0.25, 0.3) is 33.3 Å². The molecule has 2 heteroatoms. The largest absolute Gasteiger partial charge is 0.247 e. The van der Waals surface area contributed by atoms with Crippen molar-refractivity contribution in [1.82, 2.24) is 4.98 Å². The second-order valence-corrected chi connectivity index (χ2v) is 11.2. The second-order valence-electron chi connectivity index (χ2n) is 10.3. The second kappa shape index (κ2) is 10.6. The van der Waals surface area contributed by atoms with Crippen LogP contribution < -0.4 is 0 Å². The van der Waals surface area contributed by atoms with Crippen LogP contribution in [-0.2, 0) is 32.1 Å². The van der Waals surface area contributed by atoms with Gasteiger partial charge in [0.1, 0.15) is 0 Å². The quantitative estimate of drug-likeness (QED) is 0.214. The summed E-state index contributed by atoms with van der Waals surface area (Å²) in [5.74, 6) is 0. The maximum atomic E-state index is 5.37. The van der Waals surface area contributed by atoms with Crippen molar-refractivity contribution in [3.63, 3.8) is 0 Å². The molecule has 4 aliphatic carbocycles. The topological polar surface area (TPSA) is 12.9 Å². The van der Waals surface area contributed by atoms with E-state index in [9.17, 15) is 0 Å². The Balaban J connectivity index is 1.53. The molecule has 5 aromatic rings. The van der Waals surface area contributed by atoms with Crippen LogP contribution in [0.5, 0.6) is 0 Å². The highest BCUT2D eigenvalue weighted by Crippen LogP contribution is 2.37. The summed E-state index contributed by atoms with van der Waals surface area (Å²) in [6, 6.07) is 34.2. The molecule has 37 heavy (non-hydrogen) atoms. The Morgan fingerprint density at radius 1 is 0.676 bits per heavy atom. The fraction of sp³-hybridized carbons (Fsp3) is 0.229. The highest BCUT2D eigenvalue weighted by Gasteiger charge is 2.17. The van der Waals surface area contributed by atoms with Gasteiger partial charge in [0.15, 0.2) is 0 Å². The van der Waals surface area contributed by atoms with Crippen LogP contribution in [0.2, 0.25) is 0 Å². The molecular formula is C35H32BrN. The van der Waals surface area contributed by atoms with Crippen LogP contribution in [0.15, 0.2) is 95.5 Å². The number of unbranched alkanes of at least 4 members (excludes halogenated alkanes) is 1. The van der Waals surface area contributed by atoms with Crippen molar-refractivity contribution in [1.29, 1.82) is 0 Å². The molecule has 1 heterocycles. The number of rotatable bonds is 5. The summed E-state index contributed by atoms with van der Waals surface area (Å²) in [5.41, 5.74) is 12.8. The minimum absolute atomic E-state index is 1.00. The van der Waals surface area contributed by atoms with Crippen molar-refractivity contribution in [2.45, 2.75) is 51.9 Å². The van der Waals surface area contributed by atoms with E-state index < -0.39 is 0 Å². The summed E-state index contributed by atoms with van der Waals surface area (Å²) in [5, 5.41) is 1.22. The van der Waals surface area contributed by atoms with Gasteiger partial charge in [-0.3, -0.25) is 0 Å². The van der Waals surface area contributed by atoms with Gasteiger partial charge in [-0.25, -0.2) is 4.98 Å². The number of nitrogens with zero attached hydrogens (tertiary/aromatic N) is 1. The fourth-order valence-corrected chi connectivity index (χ4v) is 5.74. The highest BCUT2D eigenvalue weighted by atomic mass is 79.9. The van der Waals surface area contributed by atoms with Crippen LogP contribution in [0.4, 0.5) is 0 Å². The molecule has 4 aliphatic rings. The Bertz CT molecular complexity index is 1550. The van der Waals surface area contributed by atoms with E-state index in [1.54, 1.807) is 0 Å². The minimum Gasteiger partial charge on any atom is -0.247 e. The Hall–Kier alpha value is -3.23. The average molecular weight is 547 g/mol. The first-order valence-corrected chi connectivity index (χ1v) is 14.4. The number of hydrogen-bond donors (Lipinski definition) is 0. The first-order valence-electron chi connectivity index (χ1n) is 13.6. The lowest BCUT2D eigenvalue weighted by Crippen LogP contribution is -2.02. The SMILES string of the molecule is CCCCc1ccc2nc(-c3cc4ccc3CCc3ccc(cc3)CC4)c(-c3ccc(Br)cc3)cc2c1. The molecule has 0 saturated heterocycles. The predicted octanol–water partition coefficient (Wildman–Crippen LogP) is 9.56. The van der Waals surface area contributed by atoms with Gasteiger partial charge >= 0.3 is 0 Å². The molecule has 0 spiro atoms. The summed E-state index contributed by atoms with van der Waals surface area (Å²) in [6.07, 6.45) is 7.68. The normalized spacial score (nSPS) is 13.0. The molecule has 4 aromatic carbocycles. The maximum absolute atomic E-state index is 5.37. The van der Waals surface area contributed by atoms with Crippen LogP contribution in [0.3, 0.4) is 0 Å². The lowest BCUT2D eigenvalue weighted by molar-refractivity contribution is 0.796. The molecule has 0 fully saturated rings. The molecule has 4 bridgehead atoms. The third-order valence-corrected chi connectivity index (χ3v) is 8.22. The fourth-order valence-electron chi connectivity index (χ4n) is 5.48. The Labute approximate surface area is 228 Å². The molecule has 0 radical (unpaired) electrons. The van der Waals surface area contributed by atoms with E-state index in [0.29, 0.717) is 0 Å². The molecule has 1 nitrogen and oxygen atoms in total. The van der Waals surface area contributed by atoms with Crippen molar-refractivity contribution in [2.24, 2.45) is 0 Å². The zero-order valence-electron chi connectivity index (χ0n) is 21.4. The summed E-state index contributed by atoms with van der Waals surface area (Å²) < 4.78 is 1.09. The molecule has 0 saturated carbocycles. The number of aryl methyl sites for hydroxylation is 5. The van der Waals surface area contributed by atoms with Gasteiger partial charge in [0.25, 0.3) is 0 Å². The minimum atomic E-state index is 1.00. The molecule has 0 atom stereocenters. The van der Waals surface area contributed by atoms with Crippen molar-refractivity contribution >= 4 is 26.8 Å². The van der Waals surface area contributed by atoms with Crippen LogP contribution in [0, 0.1) is 0 Å². The lowest BCUT2D eigenvalue weighted by Gasteiger charge is -2.18. The van der Waals surface area contributed by atoms with Crippen LogP contribution in [-0.4, -0.2) is 4.98 Å². The van der Waals surface area contributed by atoms with Crippen molar-refractivity contribution in [2.75, 3.05) is 0 Å². The smallest absolute Gasteiger partial charge is 0.0790 e. The lowest BCUT2D eigenvalue weighted by atomic mass is 9.89. The van der Waals surface area contributed by atoms with E-state index in [1.807, 2.05) is 0 Å². The first kappa shape index (κ1) is 24.1. The van der Waals surface area contributed by atoms with Crippen molar-refractivity contribution in [3.8, 4) is 22.4 Å². The van der Waals surface area contributed by atoms with E-state index in [0.717, 1.165) is 47.8 Å². The monoisotopic (exact) mass is 545 g/mol. The Kier molecular flexibility index (Phi) is 6.93. The summed E-state index contributed by atoms with van der Waals surface area (Å²) in [7, 11) is 0. The highest BCUT2D eigenvalue weighted by molar-refractivity contribution is 9.10. The molecule has 1 aromatic heterocycles. The van der Waals surface area contributed by atoms with E-state index in [1.165, 1.54) is 62.7 Å². The van der Waals surface area contributed by atoms with Crippen LogP contribution in [0.1, 0.15) is 47.6 Å². The molecule has 0 N–H and O–H groups in total. The van der Waals surface area contributed by atoms with Gasteiger partial charge in [-0.1, -0.05) is 83.9 Å². The number of fused-ring (bicyclic) bond motifs is 1. The summed E-state index contributed by atoms with van der Waals surface area (Å²) in [6.45, 7) is 2.25. The Morgan fingerprint density at radius 3 is 2.14 bits per heavy atom.